The summed E-state index contributed by atoms with van der Waals surface area (Å²) >= 11 is 0. The third-order valence-electron chi connectivity index (χ3n) is 2.69. The zero-order valence-corrected chi connectivity index (χ0v) is 9.08. The van der Waals surface area contributed by atoms with Crippen molar-refractivity contribution in [1.82, 2.24) is 0 Å². The first kappa shape index (κ1) is 12.9. The molecule has 0 aliphatic carbocycles. The van der Waals surface area contributed by atoms with Crippen LogP contribution in [0.5, 0.6) is 0 Å². The molecule has 1 rings (SSSR count). The van der Waals surface area contributed by atoms with Crippen LogP contribution in [-0.2, 0) is 4.74 Å². The van der Waals surface area contributed by atoms with Gasteiger partial charge in [-0.2, -0.15) is 0 Å². The second-order valence-corrected chi connectivity index (χ2v) is 4.50. The minimum Gasteiger partial charge on any atom is -0.394 e. The number of aliphatic hydroxyl groups excluding tert-OH is 4. The van der Waals surface area contributed by atoms with E-state index in [9.17, 15) is 15.3 Å². The van der Waals surface area contributed by atoms with Gasteiger partial charge in [0, 0.05) is 0 Å². The lowest BCUT2D eigenvalue weighted by Crippen LogP contribution is -2.58. The summed E-state index contributed by atoms with van der Waals surface area (Å²) in [4.78, 5) is 0. The first-order valence-electron chi connectivity index (χ1n) is 5.28. The predicted octanol–water partition coefficient (Wildman–Crippen LogP) is -1.13. The number of hydrogen-bond acceptors (Lipinski definition) is 5. The maximum Gasteiger partial charge on any atom is 0.111 e. The van der Waals surface area contributed by atoms with Crippen molar-refractivity contribution in [3.63, 3.8) is 0 Å². The maximum atomic E-state index is 9.65. The molecule has 5 atom stereocenters. The molecule has 0 aromatic heterocycles. The molecule has 1 saturated heterocycles. The summed E-state index contributed by atoms with van der Waals surface area (Å²) in [5.41, 5.74) is 0. The molecule has 5 nitrogen and oxygen atoms in total. The van der Waals surface area contributed by atoms with Gasteiger partial charge in [-0.25, -0.2) is 0 Å². The Kier molecular flexibility index (Phi) is 4.48. The highest BCUT2D eigenvalue weighted by Gasteiger charge is 2.43. The minimum absolute atomic E-state index is 0.312. The Hall–Kier alpha value is -0.200. The van der Waals surface area contributed by atoms with E-state index >= 15 is 0 Å². The van der Waals surface area contributed by atoms with Crippen LogP contribution < -0.4 is 0 Å². The summed E-state index contributed by atoms with van der Waals surface area (Å²) in [7, 11) is 0. The standard InChI is InChI=1S/C10H20O5/c1-5(2)3-6-8(12)10(14)9(13)7(4-11)15-6/h5-14H,3-4H2,1-2H3/t6-,7-,8+,9-,10-/m1/s1. The zero-order chi connectivity index (χ0) is 11.6. The Labute approximate surface area is 89.3 Å². The van der Waals surface area contributed by atoms with Gasteiger partial charge in [-0.1, -0.05) is 13.8 Å². The summed E-state index contributed by atoms with van der Waals surface area (Å²) in [6.45, 7) is 3.59. The van der Waals surface area contributed by atoms with Crippen LogP contribution >= 0.6 is 0 Å². The number of aliphatic hydroxyl groups is 4. The third kappa shape index (κ3) is 2.89. The first-order chi connectivity index (χ1) is 6.97. The molecule has 4 N–H and O–H groups in total. The third-order valence-corrected chi connectivity index (χ3v) is 2.69. The van der Waals surface area contributed by atoms with E-state index in [0.29, 0.717) is 12.3 Å². The van der Waals surface area contributed by atoms with Crippen LogP contribution in [0.1, 0.15) is 20.3 Å². The summed E-state index contributed by atoms with van der Waals surface area (Å²) in [6.07, 6.45) is -4.33. The number of ether oxygens (including phenoxy) is 1. The molecule has 0 radical (unpaired) electrons. The van der Waals surface area contributed by atoms with E-state index in [1.54, 1.807) is 0 Å². The van der Waals surface area contributed by atoms with Crippen molar-refractivity contribution in [3.05, 3.63) is 0 Å². The number of rotatable bonds is 3. The molecule has 15 heavy (non-hydrogen) atoms. The Morgan fingerprint density at radius 3 is 2.00 bits per heavy atom. The first-order valence-corrected chi connectivity index (χ1v) is 5.28. The lowest BCUT2D eigenvalue weighted by Gasteiger charge is -2.40. The van der Waals surface area contributed by atoms with E-state index in [0.717, 1.165) is 0 Å². The highest BCUT2D eigenvalue weighted by molar-refractivity contribution is 4.92. The maximum absolute atomic E-state index is 9.65. The van der Waals surface area contributed by atoms with E-state index in [1.807, 2.05) is 13.8 Å². The van der Waals surface area contributed by atoms with Gasteiger partial charge in [0.2, 0.25) is 0 Å². The highest BCUT2D eigenvalue weighted by atomic mass is 16.5. The number of hydrogen-bond donors (Lipinski definition) is 4. The van der Waals surface area contributed by atoms with Crippen LogP contribution in [0.4, 0.5) is 0 Å². The lowest BCUT2D eigenvalue weighted by atomic mass is 9.91. The topological polar surface area (TPSA) is 90.2 Å². The molecule has 0 aromatic rings. The Morgan fingerprint density at radius 2 is 1.53 bits per heavy atom. The van der Waals surface area contributed by atoms with Crippen LogP contribution in [0.3, 0.4) is 0 Å². The normalized spacial score (nSPS) is 42.2. The molecule has 0 saturated carbocycles. The molecule has 0 bridgehead atoms. The molecule has 0 unspecified atom stereocenters. The predicted molar refractivity (Wildman–Crippen MR) is 53.2 cm³/mol. The Morgan fingerprint density at radius 1 is 1.00 bits per heavy atom. The minimum atomic E-state index is -1.25. The lowest BCUT2D eigenvalue weighted by molar-refractivity contribution is -0.232. The van der Waals surface area contributed by atoms with E-state index in [4.69, 9.17) is 9.84 Å². The van der Waals surface area contributed by atoms with Crippen molar-refractivity contribution in [3.8, 4) is 0 Å². The van der Waals surface area contributed by atoms with Gasteiger partial charge in [0.15, 0.2) is 0 Å². The monoisotopic (exact) mass is 220 g/mol. The molecule has 5 heteroatoms. The molecule has 1 heterocycles. The van der Waals surface area contributed by atoms with E-state index in [-0.39, 0.29) is 6.61 Å². The van der Waals surface area contributed by atoms with Gasteiger partial charge in [-0.3, -0.25) is 0 Å². The molecule has 90 valence electrons. The Balaban J connectivity index is 2.65. The van der Waals surface area contributed by atoms with Crippen LogP contribution in [0.2, 0.25) is 0 Å². The molecule has 0 aromatic carbocycles. The quantitative estimate of drug-likeness (QED) is 0.483. The Bertz CT molecular complexity index is 194. The summed E-state index contributed by atoms with van der Waals surface area (Å²) in [5, 5.41) is 37.6. The van der Waals surface area contributed by atoms with Crippen LogP contribution in [0, 0.1) is 5.92 Å². The van der Waals surface area contributed by atoms with Gasteiger partial charge in [0.1, 0.15) is 24.4 Å². The van der Waals surface area contributed by atoms with Crippen molar-refractivity contribution in [2.75, 3.05) is 6.61 Å². The SMILES string of the molecule is CC(C)C[C@H]1O[C@H](CO)[C@@H](O)[C@H](O)[C@H]1O. The summed E-state index contributed by atoms with van der Waals surface area (Å²) in [5.74, 6) is 0.312. The largest absolute Gasteiger partial charge is 0.394 e. The smallest absolute Gasteiger partial charge is 0.111 e. The van der Waals surface area contributed by atoms with E-state index in [1.165, 1.54) is 0 Å². The second-order valence-electron chi connectivity index (χ2n) is 4.50. The molecule has 0 spiro atoms. The molecule has 1 aliphatic heterocycles. The van der Waals surface area contributed by atoms with Crippen molar-refractivity contribution in [2.24, 2.45) is 5.92 Å². The van der Waals surface area contributed by atoms with Crippen molar-refractivity contribution in [1.29, 1.82) is 0 Å². The fraction of sp³-hybridized carbons (Fsp3) is 1.00. The average molecular weight is 220 g/mol. The van der Waals surface area contributed by atoms with Crippen molar-refractivity contribution in [2.45, 2.75) is 50.8 Å². The second kappa shape index (κ2) is 5.23. The van der Waals surface area contributed by atoms with Crippen molar-refractivity contribution < 1.29 is 25.2 Å². The zero-order valence-electron chi connectivity index (χ0n) is 9.08. The molecular formula is C10H20O5. The summed E-state index contributed by atoms with van der Waals surface area (Å²) in [6, 6.07) is 0. The molecule has 1 aliphatic rings. The van der Waals surface area contributed by atoms with Gasteiger partial charge in [-0.15, -0.1) is 0 Å². The molecular weight excluding hydrogens is 200 g/mol. The average Bonchev–Trinajstić information content (AvgIpc) is 2.18. The van der Waals surface area contributed by atoms with E-state index < -0.39 is 30.5 Å². The van der Waals surface area contributed by atoms with E-state index in [2.05, 4.69) is 0 Å². The van der Waals surface area contributed by atoms with Gasteiger partial charge < -0.3 is 25.2 Å². The van der Waals surface area contributed by atoms with Crippen LogP contribution in [0.15, 0.2) is 0 Å². The van der Waals surface area contributed by atoms with Gasteiger partial charge >= 0.3 is 0 Å². The van der Waals surface area contributed by atoms with Crippen LogP contribution in [0.25, 0.3) is 0 Å². The van der Waals surface area contributed by atoms with Crippen LogP contribution in [-0.4, -0.2) is 57.6 Å². The molecule has 1 fully saturated rings. The highest BCUT2D eigenvalue weighted by Crippen LogP contribution is 2.25. The fourth-order valence-corrected chi connectivity index (χ4v) is 1.84. The van der Waals surface area contributed by atoms with Gasteiger partial charge in [0.05, 0.1) is 12.7 Å². The molecule has 0 amide bonds. The fourth-order valence-electron chi connectivity index (χ4n) is 1.84. The summed E-state index contributed by atoms with van der Waals surface area (Å²) < 4.78 is 5.33. The van der Waals surface area contributed by atoms with Gasteiger partial charge in [-0.05, 0) is 12.3 Å². The van der Waals surface area contributed by atoms with Crippen molar-refractivity contribution >= 4 is 0 Å². The van der Waals surface area contributed by atoms with Gasteiger partial charge in [0.25, 0.3) is 0 Å².